The molecular formula is C28H27N3O7S. The van der Waals surface area contributed by atoms with E-state index >= 15 is 0 Å². The summed E-state index contributed by atoms with van der Waals surface area (Å²) in [4.78, 5) is 54.4. The third-order valence-electron chi connectivity index (χ3n) is 6.58. The summed E-state index contributed by atoms with van der Waals surface area (Å²) in [7, 11) is -2.60. The number of aryl methyl sites for hydroxylation is 1. The summed E-state index contributed by atoms with van der Waals surface area (Å²) in [5.41, 5.74) is 2.39. The van der Waals surface area contributed by atoms with Gasteiger partial charge in [-0.15, -0.1) is 0 Å². The van der Waals surface area contributed by atoms with E-state index in [1.807, 2.05) is 0 Å². The smallest absolute Gasteiger partial charge is 0.337 e. The maximum Gasteiger partial charge on any atom is 0.337 e. The molecule has 10 nitrogen and oxygen atoms in total. The molecule has 4 rings (SSSR count). The number of ether oxygens (including phenoxy) is 1. The molecule has 3 amide bonds. The first-order valence-corrected chi connectivity index (χ1v) is 13.6. The van der Waals surface area contributed by atoms with Gasteiger partial charge in [-0.25, -0.2) is 23.3 Å². The maximum absolute atomic E-state index is 13.7. The van der Waals surface area contributed by atoms with E-state index in [9.17, 15) is 27.6 Å². The van der Waals surface area contributed by atoms with Crippen molar-refractivity contribution in [3.63, 3.8) is 0 Å². The van der Waals surface area contributed by atoms with E-state index in [1.165, 1.54) is 48.4 Å². The average molecular weight is 550 g/mol. The number of nitrogens with zero attached hydrogens (tertiary/aromatic N) is 2. The highest BCUT2D eigenvalue weighted by atomic mass is 32.2. The van der Waals surface area contributed by atoms with Crippen LogP contribution in [0.1, 0.15) is 38.3 Å². The standard InChI is InChI=1S/C28H27N3O7S/c1-18-5-3-4-6-23(18)26(33)30(16-15-19-7-13-22(14-8-19)39(29,36)37)24-17-25(32)31(27(24)34)21-11-9-20(10-12-21)28(35)38-2/h3-14,24H,15-17H2,1-2H3,(H2,29,36,37). The molecule has 1 aliphatic rings. The number of carbonyl (C=O) groups excluding carboxylic acids is 4. The second-order valence-corrected chi connectivity index (χ2v) is 10.6. The van der Waals surface area contributed by atoms with Crippen LogP contribution in [0.25, 0.3) is 0 Å². The lowest BCUT2D eigenvalue weighted by Crippen LogP contribution is -2.46. The first-order chi connectivity index (χ1) is 18.5. The number of nitrogens with two attached hydrogens (primary N) is 1. The maximum atomic E-state index is 13.7. The van der Waals surface area contributed by atoms with E-state index in [4.69, 9.17) is 9.88 Å². The predicted octanol–water partition coefficient (Wildman–Crippen LogP) is 2.45. The van der Waals surface area contributed by atoms with Gasteiger partial charge < -0.3 is 9.64 Å². The van der Waals surface area contributed by atoms with Gasteiger partial charge in [-0.05, 0) is 66.9 Å². The Morgan fingerprint density at radius 1 is 1.00 bits per heavy atom. The number of imide groups is 1. The van der Waals surface area contributed by atoms with Crippen LogP contribution in [0, 0.1) is 6.92 Å². The molecule has 1 saturated heterocycles. The molecule has 0 spiro atoms. The minimum Gasteiger partial charge on any atom is -0.465 e. The molecule has 39 heavy (non-hydrogen) atoms. The van der Waals surface area contributed by atoms with Crippen LogP contribution >= 0.6 is 0 Å². The molecule has 0 aliphatic carbocycles. The van der Waals surface area contributed by atoms with E-state index in [2.05, 4.69) is 0 Å². The third kappa shape index (κ3) is 5.89. The second-order valence-electron chi connectivity index (χ2n) is 9.08. The Morgan fingerprint density at radius 3 is 2.23 bits per heavy atom. The van der Waals surface area contributed by atoms with Crippen molar-refractivity contribution in [2.45, 2.75) is 30.7 Å². The topological polar surface area (TPSA) is 144 Å². The Hall–Kier alpha value is -4.35. The molecule has 1 heterocycles. The van der Waals surface area contributed by atoms with Crippen molar-refractivity contribution in [1.82, 2.24) is 4.90 Å². The zero-order valence-electron chi connectivity index (χ0n) is 21.4. The van der Waals surface area contributed by atoms with Crippen molar-refractivity contribution in [1.29, 1.82) is 0 Å². The van der Waals surface area contributed by atoms with Gasteiger partial charge in [0.15, 0.2) is 0 Å². The van der Waals surface area contributed by atoms with E-state index < -0.39 is 39.8 Å². The van der Waals surface area contributed by atoms with Crippen LogP contribution in [0.3, 0.4) is 0 Å². The summed E-state index contributed by atoms with van der Waals surface area (Å²) in [6.45, 7) is 1.88. The number of hydrogen-bond acceptors (Lipinski definition) is 7. The number of anilines is 1. The Balaban J connectivity index is 1.62. The SMILES string of the molecule is COC(=O)c1ccc(N2C(=O)CC(N(CCc3ccc(S(N)(=O)=O)cc3)C(=O)c3ccccc3C)C2=O)cc1. The van der Waals surface area contributed by atoms with Crippen LogP contribution in [0.2, 0.25) is 0 Å². The zero-order valence-corrected chi connectivity index (χ0v) is 22.2. The number of hydrogen-bond donors (Lipinski definition) is 1. The van der Waals surface area contributed by atoms with Gasteiger partial charge in [0.2, 0.25) is 15.9 Å². The summed E-state index contributed by atoms with van der Waals surface area (Å²) >= 11 is 0. The van der Waals surface area contributed by atoms with Crippen LogP contribution in [-0.2, 0) is 30.8 Å². The zero-order chi connectivity index (χ0) is 28.3. The minimum atomic E-state index is -3.85. The van der Waals surface area contributed by atoms with Crippen molar-refractivity contribution in [2.75, 3.05) is 18.6 Å². The molecular weight excluding hydrogens is 522 g/mol. The molecule has 1 atom stereocenters. The largest absolute Gasteiger partial charge is 0.465 e. The van der Waals surface area contributed by atoms with Crippen molar-refractivity contribution < 1.29 is 32.3 Å². The summed E-state index contributed by atoms with van der Waals surface area (Å²) in [5, 5.41) is 5.17. The van der Waals surface area contributed by atoms with Gasteiger partial charge in [-0.1, -0.05) is 30.3 Å². The molecule has 0 saturated carbocycles. The lowest BCUT2D eigenvalue weighted by atomic mass is 10.0. The van der Waals surface area contributed by atoms with Gasteiger partial charge in [0.05, 0.1) is 29.7 Å². The minimum absolute atomic E-state index is 0.0375. The summed E-state index contributed by atoms with van der Waals surface area (Å²) in [6, 6.07) is 17.7. The highest BCUT2D eigenvalue weighted by Crippen LogP contribution is 2.28. The second kappa shape index (κ2) is 11.2. The van der Waals surface area contributed by atoms with Crippen molar-refractivity contribution >= 4 is 39.4 Å². The molecule has 2 N–H and O–H groups in total. The van der Waals surface area contributed by atoms with Gasteiger partial charge in [0, 0.05) is 12.1 Å². The average Bonchev–Trinajstić information content (AvgIpc) is 3.21. The first kappa shape index (κ1) is 27.7. The van der Waals surface area contributed by atoms with Gasteiger partial charge >= 0.3 is 5.97 Å². The summed E-state index contributed by atoms with van der Waals surface area (Å²) < 4.78 is 27.8. The molecule has 0 radical (unpaired) electrons. The molecule has 1 unspecified atom stereocenters. The fraction of sp³-hybridized carbons (Fsp3) is 0.214. The highest BCUT2D eigenvalue weighted by molar-refractivity contribution is 7.89. The highest BCUT2D eigenvalue weighted by Gasteiger charge is 2.44. The van der Waals surface area contributed by atoms with Crippen LogP contribution in [-0.4, -0.2) is 56.7 Å². The monoisotopic (exact) mass is 549 g/mol. The van der Waals surface area contributed by atoms with Gasteiger partial charge in [0.1, 0.15) is 6.04 Å². The molecule has 1 aliphatic heterocycles. The van der Waals surface area contributed by atoms with Crippen LogP contribution in [0.4, 0.5) is 5.69 Å². The van der Waals surface area contributed by atoms with Gasteiger partial charge in [-0.2, -0.15) is 0 Å². The number of sulfonamides is 1. The van der Waals surface area contributed by atoms with E-state index in [1.54, 1.807) is 43.3 Å². The normalized spacial score (nSPS) is 15.4. The number of carbonyl (C=O) groups is 4. The summed E-state index contributed by atoms with van der Waals surface area (Å²) in [5.74, 6) is -1.98. The fourth-order valence-electron chi connectivity index (χ4n) is 4.46. The Morgan fingerprint density at radius 2 is 1.64 bits per heavy atom. The number of benzene rings is 3. The third-order valence-corrected chi connectivity index (χ3v) is 7.50. The number of esters is 1. The lowest BCUT2D eigenvalue weighted by molar-refractivity contribution is -0.122. The lowest BCUT2D eigenvalue weighted by Gasteiger charge is -2.28. The summed E-state index contributed by atoms with van der Waals surface area (Å²) in [6.07, 6.45) is 0.0912. The Labute approximate surface area is 226 Å². The van der Waals surface area contributed by atoms with Crippen molar-refractivity contribution in [3.05, 3.63) is 95.1 Å². The quantitative estimate of drug-likeness (QED) is 0.336. The van der Waals surface area contributed by atoms with Gasteiger partial charge in [0.25, 0.3) is 11.8 Å². The van der Waals surface area contributed by atoms with Crippen LogP contribution in [0.5, 0.6) is 0 Å². The molecule has 11 heteroatoms. The predicted molar refractivity (Wildman–Crippen MR) is 142 cm³/mol. The number of primary sulfonamides is 1. The van der Waals surface area contributed by atoms with Crippen molar-refractivity contribution in [3.8, 4) is 0 Å². The van der Waals surface area contributed by atoms with E-state index in [-0.39, 0.29) is 29.1 Å². The van der Waals surface area contributed by atoms with E-state index in [0.29, 0.717) is 12.0 Å². The number of methoxy groups -OCH3 is 1. The van der Waals surface area contributed by atoms with E-state index in [0.717, 1.165) is 16.0 Å². The van der Waals surface area contributed by atoms with Crippen molar-refractivity contribution in [2.24, 2.45) is 5.14 Å². The fourth-order valence-corrected chi connectivity index (χ4v) is 4.97. The van der Waals surface area contributed by atoms with Crippen LogP contribution < -0.4 is 10.0 Å². The molecule has 0 aromatic heterocycles. The number of rotatable bonds is 8. The molecule has 3 aromatic carbocycles. The van der Waals surface area contributed by atoms with Gasteiger partial charge in [-0.3, -0.25) is 14.4 Å². The molecule has 3 aromatic rings. The van der Waals surface area contributed by atoms with Crippen LogP contribution in [0.15, 0.2) is 77.7 Å². The number of amides is 3. The Kier molecular flexibility index (Phi) is 7.93. The molecule has 1 fully saturated rings. The molecule has 0 bridgehead atoms. The first-order valence-electron chi connectivity index (χ1n) is 12.0. The molecule has 202 valence electrons. The Bertz CT molecular complexity index is 1530.